The molecule has 5 nitrogen and oxygen atoms in total. The third kappa shape index (κ3) is 6.61. The van der Waals surface area contributed by atoms with Crippen LogP contribution in [0.3, 0.4) is 0 Å². The smallest absolute Gasteiger partial charge is 0.307 e. The van der Waals surface area contributed by atoms with Gasteiger partial charge in [-0.05, 0) is 51.3 Å². The molecule has 0 amide bonds. The van der Waals surface area contributed by atoms with Crippen molar-refractivity contribution >= 4 is 11.9 Å². The normalized spacial score (nSPS) is 12.5. The van der Waals surface area contributed by atoms with Crippen LogP contribution < -0.4 is 4.74 Å². The number of hydrogen-bond donors (Lipinski definition) is 1. The largest absolute Gasteiger partial charge is 0.497 e. The summed E-state index contributed by atoms with van der Waals surface area (Å²) in [5.41, 5.74) is 0.409. The number of hydrogen-bond acceptors (Lipinski definition) is 4. The molecule has 0 spiro atoms. The minimum absolute atomic E-state index is 0.108. The van der Waals surface area contributed by atoms with Gasteiger partial charge >= 0.3 is 11.9 Å². The van der Waals surface area contributed by atoms with E-state index in [4.69, 9.17) is 9.47 Å². The maximum absolute atomic E-state index is 11.8. The van der Waals surface area contributed by atoms with Gasteiger partial charge in [0.05, 0.1) is 19.4 Å². The van der Waals surface area contributed by atoms with Crippen molar-refractivity contribution in [2.75, 3.05) is 7.11 Å². The van der Waals surface area contributed by atoms with Gasteiger partial charge in [-0.15, -0.1) is 0 Å². The van der Waals surface area contributed by atoms with Crippen LogP contribution >= 0.6 is 0 Å². The molecule has 1 aromatic carbocycles. The van der Waals surface area contributed by atoms with Crippen molar-refractivity contribution in [1.29, 1.82) is 0 Å². The van der Waals surface area contributed by atoms with Gasteiger partial charge in [-0.25, -0.2) is 0 Å². The SMILES string of the molecule is COc1ccc(CC[C@H](CC(=O)OC(C)(C)C)C(=O)O)cc1. The molecule has 122 valence electrons. The van der Waals surface area contributed by atoms with Gasteiger partial charge in [-0.2, -0.15) is 0 Å². The van der Waals surface area contributed by atoms with Gasteiger partial charge < -0.3 is 14.6 Å². The second-order valence-electron chi connectivity index (χ2n) is 6.21. The molecule has 0 saturated carbocycles. The van der Waals surface area contributed by atoms with E-state index in [1.807, 2.05) is 24.3 Å². The summed E-state index contributed by atoms with van der Waals surface area (Å²) in [6.45, 7) is 5.29. The lowest BCUT2D eigenvalue weighted by Crippen LogP contribution is -2.27. The Balaban J connectivity index is 2.57. The Labute approximate surface area is 131 Å². The van der Waals surface area contributed by atoms with Crippen LogP contribution in [0.5, 0.6) is 5.75 Å². The molecule has 0 aromatic heterocycles. The van der Waals surface area contributed by atoms with Crippen molar-refractivity contribution < 1.29 is 24.2 Å². The predicted molar refractivity (Wildman–Crippen MR) is 82.9 cm³/mol. The van der Waals surface area contributed by atoms with Crippen molar-refractivity contribution in [1.82, 2.24) is 0 Å². The highest BCUT2D eigenvalue weighted by molar-refractivity contribution is 5.79. The maximum Gasteiger partial charge on any atom is 0.307 e. The number of aryl methyl sites for hydroxylation is 1. The lowest BCUT2D eigenvalue weighted by Gasteiger charge is -2.21. The summed E-state index contributed by atoms with van der Waals surface area (Å²) in [6.07, 6.45) is 0.868. The van der Waals surface area contributed by atoms with Crippen molar-refractivity contribution in [3.05, 3.63) is 29.8 Å². The van der Waals surface area contributed by atoms with Crippen molar-refractivity contribution in [2.45, 2.75) is 45.6 Å². The fourth-order valence-electron chi connectivity index (χ4n) is 2.03. The maximum atomic E-state index is 11.8. The summed E-state index contributed by atoms with van der Waals surface area (Å²) in [4.78, 5) is 23.1. The Kier molecular flexibility index (Phi) is 6.40. The third-order valence-corrected chi connectivity index (χ3v) is 3.12. The average Bonchev–Trinajstić information content (AvgIpc) is 2.41. The molecule has 0 bridgehead atoms. The number of methoxy groups -OCH3 is 1. The molecule has 0 saturated heterocycles. The van der Waals surface area contributed by atoms with Crippen molar-refractivity contribution in [3.8, 4) is 5.75 Å². The second-order valence-corrected chi connectivity index (χ2v) is 6.21. The molecule has 1 N–H and O–H groups in total. The number of benzene rings is 1. The van der Waals surface area contributed by atoms with Crippen LogP contribution in [-0.4, -0.2) is 29.8 Å². The summed E-state index contributed by atoms with van der Waals surface area (Å²) in [5, 5.41) is 9.25. The molecule has 0 heterocycles. The molecule has 0 radical (unpaired) electrons. The van der Waals surface area contributed by atoms with E-state index in [-0.39, 0.29) is 6.42 Å². The predicted octanol–water partition coefficient (Wildman–Crippen LogP) is 3.06. The summed E-state index contributed by atoms with van der Waals surface area (Å²) in [6, 6.07) is 7.45. The van der Waals surface area contributed by atoms with Crippen LogP contribution in [0, 0.1) is 5.92 Å². The van der Waals surface area contributed by atoms with E-state index < -0.39 is 23.5 Å². The lowest BCUT2D eigenvalue weighted by atomic mass is 9.96. The first-order valence-corrected chi connectivity index (χ1v) is 7.29. The molecule has 0 aliphatic rings. The molecule has 0 aliphatic carbocycles. The molecule has 0 fully saturated rings. The van der Waals surface area contributed by atoms with Crippen LogP contribution in [0.2, 0.25) is 0 Å². The van der Waals surface area contributed by atoms with E-state index >= 15 is 0 Å². The third-order valence-electron chi connectivity index (χ3n) is 3.12. The highest BCUT2D eigenvalue weighted by atomic mass is 16.6. The Morgan fingerprint density at radius 1 is 1.18 bits per heavy atom. The number of aliphatic carboxylic acids is 1. The van der Waals surface area contributed by atoms with E-state index in [1.165, 1.54) is 0 Å². The summed E-state index contributed by atoms with van der Waals surface area (Å²) in [5.74, 6) is -1.43. The standard InChI is InChI=1S/C17H24O5/c1-17(2,3)22-15(18)11-13(16(19)20)8-5-12-6-9-14(21-4)10-7-12/h6-7,9-10,13H,5,8,11H2,1-4H3,(H,19,20)/t13-/m1/s1. The molecule has 1 atom stereocenters. The monoisotopic (exact) mass is 308 g/mol. The fourth-order valence-corrected chi connectivity index (χ4v) is 2.03. The van der Waals surface area contributed by atoms with E-state index in [0.717, 1.165) is 11.3 Å². The Hall–Kier alpha value is -2.04. The number of carbonyl (C=O) groups excluding carboxylic acids is 1. The summed E-state index contributed by atoms with van der Waals surface area (Å²) < 4.78 is 10.3. The summed E-state index contributed by atoms with van der Waals surface area (Å²) in [7, 11) is 1.59. The topological polar surface area (TPSA) is 72.8 Å². The number of ether oxygens (including phenoxy) is 2. The van der Waals surface area contributed by atoms with E-state index in [1.54, 1.807) is 27.9 Å². The Bertz CT molecular complexity index is 499. The zero-order valence-electron chi connectivity index (χ0n) is 13.6. The van der Waals surface area contributed by atoms with E-state index in [2.05, 4.69) is 0 Å². The lowest BCUT2D eigenvalue weighted by molar-refractivity contribution is -0.159. The van der Waals surface area contributed by atoms with Crippen molar-refractivity contribution in [2.24, 2.45) is 5.92 Å². The highest BCUT2D eigenvalue weighted by Gasteiger charge is 2.24. The van der Waals surface area contributed by atoms with Crippen LogP contribution in [0.15, 0.2) is 24.3 Å². The minimum atomic E-state index is -0.973. The minimum Gasteiger partial charge on any atom is -0.497 e. The quantitative estimate of drug-likeness (QED) is 0.784. The molecule has 0 unspecified atom stereocenters. The van der Waals surface area contributed by atoms with Gasteiger partial charge in [0.15, 0.2) is 0 Å². The first kappa shape index (κ1) is 18.0. The van der Waals surface area contributed by atoms with Gasteiger partial charge in [-0.1, -0.05) is 12.1 Å². The first-order valence-electron chi connectivity index (χ1n) is 7.29. The van der Waals surface area contributed by atoms with Crippen LogP contribution in [0.4, 0.5) is 0 Å². The van der Waals surface area contributed by atoms with Gasteiger partial charge in [0.25, 0.3) is 0 Å². The molecule has 22 heavy (non-hydrogen) atoms. The molecular formula is C17H24O5. The summed E-state index contributed by atoms with van der Waals surface area (Å²) >= 11 is 0. The Morgan fingerprint density at radius 3 is 2.23 bits per heavy atom. The number of carboxylic acid groups (broad SMARTS) is 1. The second kappa shape index (κ2) is 7.82. The van der Waals surface area contributed by atoms with Gasteiger partial charge in [-0.3, -0.25) is 9.59 Å². The van der Waals surface area contributed by atoms with E-state index in [0.29, 0.717) is 12.8 Å². The first-order chi connectivity index (χ1) is 10.2. The van der Waals surface area contributed by atoms with Gasteiger partial charge in [0.1, 0.15) is 11.4 Å². The van der Waals surface area contributed by atoms with Crippen LogP contribution in [-0.2, 0) is 20.7 Å². The Morgan fingerprint density at radius 2 is 1.77 bits per heavy atom. The van der Waals surface area contributed by atoms with Gasteiger partial charge in [0, 0.05) is 0 Å². The molecule has 0 aliphatic heterocycles. The molecule has 5 heteroatoms. The zero-order chi connectivity index (χ0) is 16.8. The number of rotatable bonds is 7. The van der Waals surface area contributed by atoms with Crippen LogP contribution in [0.1, 0.15) is 39.2 Å². The highest BCUT2D eigenvalue weighted by Crippen LogP contribution is 2.19. The van der Waals surface area contributed by atoms with Gasteiger partial charge in [0.2, 0.25) is 0 Å². The fraction of sp³-hybridized carbons (Fsp3) is 0.529. The number of carbonyl (C=O) groups is 2. The molecular weight excluding hydrogens is 284 g/mol. The molecule has 1 rings (SSSR count). The van der Waals surface area contributed by atoms with Crippen LogP contribution in [0.25, 0.3) is 0 Å². The number of esters is 1. The van der Waals surface area contributed by atoms with Crippen molar-refractivity contribution in [3.63, 3.8) is 0 Å². The molecule has 1 aromatic rings. The average molecular weight is 308 g/mol. The zero-order valence-corrected chi connectivity index (χ0v) is 13.6. The van der Waals surface area contributed by atoms with E-state index in [9.17, 15) is 14.7 Å². The number of carboxylic acids is 1.